The molecule has 106 valence electrons. The van der Waals surface area contributed by atoms with Crippen molar-refractivity contribution in [2.45, 2.75) is 6.42 Å². The quantitative estimate of drug-likeness (QED) is 0.323. The summed E-state index contributed by atoms with van der Waals surface area (Å²) < 4.78 is 34.9. The van der Waals surface area contributed by atoms with Crippen LogP contribution in [0.5, 0.6) is 0 Å². The Morgan fingerprint density at radius 3 is 2.63 bits per heavy atom. The lowest BCUT2D eigenvalue weighted by molar-refractivity contribution is -0.384. The number of hydrogen-bond donors (Lipinski definition) is 2. The van der Waals surface area contributed by atoms with Crippen LogP contribution in [0, 0.1) is 19.5 Å². The van der Waals surface area contributed by atoms with Gasteiger partial charge in [-0.15, -0.1) is 0 Å². The number of nitrogens with one attached hydrogen (secondary N) is 1. The van der Waals surface area contributed by atoms with Crippen molar-refractivity contribution in [3.8, 4) is 0 Å². The van der Waals surface area contributed by atoms with Crippen LogP contribution >= 0.6 is 22.6 Å². The van der Waals surface area contributed by atoms with E-state index in [1.807, 2.05) is 0 Å². The third-order valence-corrected chi connectivity index (χ3v) is 3.84. The lowest BCUT2D eigenvalue weighted by Crippen LogP contribution is -2.18. The van der Waals surface area contributed by atoms with Gasteiger partial charge in [-0.3, -0.25) is 10.1 Å². The van der Waals surface area contributed by atoms with Gasteiger partial charge in [-0.2, -0.15) is 0 Å². The van der Waals surface area contributed by atoms with Gasteiger partial charge in [0.2, 0.25) is 10.0 Å². The van der Waals surface area contributed by atoms with Crippen LogP contribution in [0.25, 0.3) is 0 Å². The summed E-state index contributed by atoms with van der Waals surface area (Å²) in [7, 11) is -3.57. The lowest BCUT2D eigenvalue weighted by Gasteiger charge is -2.07. The maximum absolute atomic E-state index is 13.3. The molecule has 0 spiro atoms. The van der Waals surface area contributed by atoms with Gasteiger partial charge in [0.15, 0.2) is 0 Å². The Hall–Kier alpha value is -1.01. The predicted molar refractivity (Wildman–Crippen MR) is 76.9 cm³/mol. The average Bonchev–Trinajstić information content (AvgIpc) is 2.27. The summed E-state index contributed by atoms with van der Waals surface area (Å²) in [4.78, 5) is 10.2. The Balaban J connectivity index is 2.77. The molecular formula is C9H11FIN3O4S. The van der Waals surface area contributed by atoms with Crippen molar-refractivity contribution in [2.24, 2.45) is 5.14 Å². The number of nitro groups is 1. The molecule has 0 saturated carbocycles. The van der Waals surface area contributed by atoms with Crippen molar-refractivity contribution in [3.63, 3.8) is 0 Å². The monoisotopic (exact) mass is 403 g/mol. The molecule has 0 aliphatic heterocycles. The standard InChI is InChI=1S/C9H11FIN3O4S/c10-6-4-8(9(14(15)16)5-7(6)11)13-2-1-3-19(12,17)18/h4-5,13H,1-3H2,(H2,12,17,18). The molecule has 0 aliphatic carbocycles. The number of hydrogen-bond acceptors (Lipinski definition) is 5. The molecule has 0 fully saturated rings. The topological polar surface area (TPSA) is 115 Å². The van der Waals surface area contributed by atoms with Crippen molar-refractivity contribution < 1.29 is 17.7 Å². The normalized spacial score (nSPS) is 11.3. The number of nitrogens with two attached hydrogens (primary N) is 1. The number of nitrogens with zero attached hydrogens (tertiary/aromatic N) is 1. The van der Waals surface area contributed by atoms with Gasteiger partial charge in [-0.05, 0) is 29.0 Å². The Labute approximate surface area is 122 Å². The Kier molecular flexibility index (Phi) is 5.43. The zero-order valence-corrected chi connectivity index (χ0v) is 12.6. The van der Waals surface area contributed by atoms with Crippen LogP contribution in [-0.2, 0) is 10.0 Å². The second-order valence-electron chi connectivity index (χ2n) is 3.69. The molecule has 0 bridgehead atoms. The molecule has 0 saturated heterocycles. The molecule has 3 N–H and O–H groups in total. The molecule has 1 aromatic carbocycles. The summed E-state index contributed by atoms with van der Waals surface area (Å²) >= 11 is 1.65. The van der Waals surface area contributed by atoms with E-state index in [2.05, 4.69) is 5.32 Å². The van der Waals surface area contributed by atoms with Crippen molar-refractivity contribution in [1.82, 2.24) is 0 Å². The molecule has 0 heterocycles. The van der Waals surface area contributed by atoms with E-state index in [0.717, 1.165) is 12.1 Å². The molecule has 7 nitrogen and oxygen atoms in total. The summed E-state index contributed by atoms with van der Waals surface area (Å²) in [6.07, 6.45) is 0.170. The van der Waals surface area contributed by atoms with Crippen molar-refractivity contribution in [3.05, 3.63) is 31.6 Å². The second kappa shape index (κ2) is 6.43. The van der Waals surface area contributed by atoms with E-state index in [9.17, 15) is 22.9 Å². The highest BCUT2D eigenvalue weighted by Crippen LogP contribution is 2.28. The first-order valence-electron chi connectivity index (χ1n) is 5.08. The molecule has 1 aromatic rings. The fraction of sp³-hybridized carbons (Fsp3) is 0.333. The molecule has 0 radical (unpaired) electrons. The predicted octanol–water partition coefficient (Wildman–Crippen LogP) is 1.43. The Morgan fingerprint density at radius 2 is 2.11 bits per heavy atom. The molecular weight excluding hydrogens is 392 g/mol. The minimum absolute atomic E-state index is 0.0114. The number of primary sulfonamides is 1. The number of rotatable bonds is 6. The summed E-state index contributed by atoms with van der Waals surface area (Å²) in [6.45, 7) is 0.136. The average molecular weight is 403 g/mol. The highest BCUT2D eigenvalue weighted by atomic mass is 127. The van der Waals surface area contributed by atoms with Gasteiger partial charge in [0.25, 0.3) is 5.69 Å². The number of sulfonamides is 1. The van der Waals surface area contributed by atoms with Crippen molar-refractivity contribution in [2.75, 3.05) is 17.6 Å². The van der Waals surface area contributed by atoms with Gasteiger partial charge in [0.05, 0.1) is 14.2 Å². The summed E-state index contributed by atoms with van der Waals surface area (Å²) in [5.74, 6) is -0.833. The largest absolute Gasteiger partial charge is 0.379 e. The van der Waals surface area contributed by atoms with Crippen LogP contribution in [0.3, 0.4) is 0 Å². The van der Waals surface area contributed by atoms with Gasteiger partial charge < -0.3 is 5.32 Å². The van der Waals surface area contributed by atoms with Gasteiger partial charge >= 0.3 is 0 Å². The van der Waals surface area contributed by atoms with Gasteiger partial charge in [-0.25, -0.2) is 17.9 Å². The van der Waals surface area contributed by atoms with E-state index < -0.39 is 20.8 Å². The van der Waals surface area contributed by atoms with Crippen LogP contribution < -0.4 is 10.5 Å². The molecule has 0 unspecified atom stereocenters. The highest BCUT2D eigenvalue weighted by Gasteiger charge is 2.17. The van der Waals surface area contributed by atoms with Crippen molar-refractivity contribution >= 4 is 44.0 Å². The molecule has 1 rings (SSSR count). The minimum atomic E-state index is -3.57. The number of halogens is 2. The van der Waals surface area contributed by atoms with E-state index >= 15 is 0 Å². The highest BCUT2D eigenvalue weighted by molar-refractivity contribution is 14.1. The second-order valence-corrected chi connectivity index (χ2v) is 6.58. The molecule has 0 atom stereocenters. The van der Waals surface area contributed by atoms with Crippen LogP contribution in [0.4, 0.5) is 15.8 Å². The molecule has 0 amide bonds. The Morgan fingerprint density at radius 1 is 1.47 bits per heavy atom. The zero-order valence-electron chi connectivity index (χ0n) is 9.60. The van der Waals surface area contributed by atoms with Gasteiger partial charge in [0, 0.05) is 18.7 Å². The van der Waals surface area contributed by atoms with E-state index in [0.29, 0.717) is 0 Å². The van der Waals surface area contributed by atoms with E-state index in [4.69, 9.17) is 5.14 Å². The Bertz CT molecular complexity index is 593. The number of benzene rings is 1. The molecule has 0 aromatic heterocycles. The summed E-state index contributed by atoms with van der Waals surface area (Å²) in [5, 5.41) is 18.2. The maximum Gasteiger partial charge on any atom is 0.293 e. The number of anilines is 1. The molecule has 0 aliphatic rings. The van der Waals surface area contributed by atoms with E-state index in [1.54, 1.807) is 22.6 Å². The summed E-state index contributed by atoms with van der Waals surface area (Å²) in [6, 6.07) is 2.12. The summed E-state index contributed by atoms with van der Waals surface area (Å²) in [5.41, 5.74) is -0.251. The zero-order chi connectivity index (χ0) is 14.6. The maximum atomic E-state index is 13.3. The van der Waals surface area contributed by atoms with Gasteiger partial charge in [0.1, 0.15) is 11.5 Å². The SMILES string of the molecule is NS(=O)(=O)CCCNc1cc(F)c(I)cc1[N+](=O)[O-]. The number of nitro benzene ring substituents is 1. The first-order valence-corrected chi connectivity index (χ1v) is 7.88. The van der Waals surface area contributed by atoms with Gasteiger partial charge in [-0.1, -0.05) is 0 Å². The smallest absolute Gasteiger partial charge is 0.293 e. The first kappa shape index (κ1) is 16.0. The van der Waals surface area contributed by atoms with Crippen LogP contribution in [-0.4, -0.2) is 25.6 Å². The van der Waals surface area contributed by atoms with Crippen LogP contribution in [0.2, 0.25) is 0 Å². The molecule has 19 heavy (non-hydrogen) atoms. The lowest BCUT2D eigenvalue weighted by atomic mass is 10.2. The van der Waals surface area contributed by atoms with Crippen LogP contribution in [0.15, 0.2) is 12.1 Å². The van der Waals surface area contributed by atoms with E-state index in [1.165, 1.54) is 0 Å². The van der Waals surface area contributed by atoms with E-state index in [-0.39, 0.29) is 33.7 Å². The minimum Gasteiger partial charge on any atom is -0.379 e. The third-order valence-electron chi connectivity index (χ3n) is 2.16. The first-order chi connectivity index (χ1) is 8.70. The fourth-order valence-electron chi connectivity index (χ4n) is 1.33. The van der Waals surface area contributed by atoms with Crippen LogP contribution in [0.1, 0.15) is 6.42 Å². The third kappa shape index (κ3) is 5.24. The molecule has 10 heteroatoms. The fourth-order valence-corrected chi connectivity index (χ4v) is 2.32. The van der Waals surface area contributed by atoms with Crippen molar-refractivity contribution in [1.29, 1.82) is 0 Å².